The van der Waals surface area contributed by atoms with Gasteiger partial charge in [-0.3, -0.25) is 4.79 Å². The SMILES string of the molecule is CCOc1ccc(N(CCC#N)C(=O)COC(=O)c2ccc(COC)cc2)cc1. The molecule has 0 atom stereocenters. The highest BCUT2D eigenvalue weighted by Gasteiger charge is 2.18. The number of esters is 1. The summed E-state index contributed by atoms with van der Waals surface area (Å²) in [4.78, 5) is 26.3. The highest BCUT2D eigenvalue weighted by molar-refractivity contribution is 5.97. The summed E-state index contributed by atoms with van der Waals surface area (Å²) in [6.07, 6.45) is 0.161. The van der Waals surface area contributed by atoms with Gasteiger partial charge in [-0.1, -0.05) is 12.1 Å². The van der Waals surface area contributed by atoms with Crippen molar-refractivity contribution in [2.45, 2.75) is 20.0 Å². The summed E-state index contributed by atoms with van der Waals surface area (Å²) in [6.45, 7) is 2.66. The number of ether oxygens (including phenoxy) is 3. The Hall–Kier alpha value is -3.37. The van der Waals surface area contributed by atoms with Crippen molar-refractivity contribution in [2.75, 3.05) is 31.8 Å². The van der Waals surface area contributed by atoms with Crippen LogP contribution in [-0.2, 0) is 20.9 Å². The van der Waals surface area contributed by atoms with Crippen LogP contribution in [0.3, 0.4) is 0 Å². The van der Waals surface area contributed by atoms with E-state index >= 15 is 0 Å². The highest BCUT2D eigenvalue weighted by Crippen LogP contribution is 2.20. The number of nitriles is 1. The van der Waals surface area contributed by atoms with E-state index in [-0.39, 0.29) is 13.0 Å². The van der Waals surface area contributed by atoms with Crippen molar-refractivity contribution in [3.8, 4) is 11.8 Å². The van der Waals surface area contributed by atoms with Crippen LogP contribution in [0.4, 0.5) is 5.69 Å². The van der Waals surface area contributed by atoms with Crippen molar-refractivity contribution in [3.05, 3.63) is 59.7 Å². The molecule has 0 aromatic heterocycles. The molecule has 7 heteroatoms. The highest BCUT2D eigenvalue weighted by atomic mass is 16.5. The molecule has 29 heavy (non-hydrogen) atoms. The van der Waals surface area contributed by atoms with Gasteiger partial charge in [0.25, 0.3) is 5.91 Å². The average molecular weight is 396 g/mol. The second-order valence-corrected chi connectivity index (χ2v) is 6.09. The van der Waals surface area contributed by atoms with Crippen LogP contribution in [0.2, 0.25) is 0 Å². The van der Waals surface area contributed by atoms with Crippen molar-refractivity contribution >= 4 is 17.6 Å². The van der Waals surface area contributed by atoms with Gasteiger partial charge in [-0.15, -0.1) is 0 Å². The number of hydrogen-bond acceptors (Lipinski definition) is 6. The first-order chi connectivity index (χ1) is 14.1. The first kappa shape index (κ1) is 21.9. The van der Waals surface area contributed by atoms with Crippen LogP contribution < -0.4 is 9.64 Å². The molecule has 0 fully saturated rings. The van der Waals surface area contributed by atoms with Crippen LogP contribution in [0.25, 0.3) is 0 Å². The first-order valence-electron chi connectivity index (χ1n) is 9.24. The van der Waals surface area contributed by atoms with E-state index in [4.69, 9.17) is 19.5 Å². The second-order valence-electron chi connectivity index (χ2n) is 6.09. The average Bonchev–Trinajstić information content (AvgIpc) is 2.74. The molecule has 7 nitrogen and oxygen atoms in total. The zero-order valence-corrected chi connectivity index (χ0v) is 16.6. The Labute approximate surface area is 170 Å². The normalized spacial score (nSPS) is 10.1. The molecule has 0 bridgehead atoms. The summed E-state index contributed by atoms with van der Waals surface area (Å²) in [5.74, 6) is -0.310. The van der Waals surface area contributed by atoms with Gasteiger partial charge in [0, 0.05) is 19.3 Å². The molecule has 2 aromatic carbocycles. The Balaban J connectivity index is 2.01. The number of carbonyl (C=O) groups excluding carboxylic acids is 2. The van der Waals surface area contributed by atoms with Crippen LogP contribution in [0.15, 0.2) is 48.5 Å². The van der Waals surface area contributed by atoms with E-state index < -0.39 is 18.5 Å². The smallest absolute Gasteiger partial charge is 0.338 e. The van der Waals surface area contributed by atoms with Gasteiger partial charge in [0.15, 0.2) is 6.61 Å². The molecule has 2 rings (SSSR count). The summed E-state index contributed by atoms with van der Waals surface area (Å²) in [5.41, 5.74) is 1.88. The van der Waals surface area contributed by atoms with Gasteiger partial charge in [-0.2, -0.15) is 5.26 Å². The first-order valence-corrected chi connectivity index (χ1v) is 9.24. The molecule has 0 saturated heterocycles. The molecule has 0 N–H and O–H groups in total. The molecule has 0 saturated carbocycles. The minimum atomic E-state index is -0.589. The largest absolute Gasteiger partial charge is 0.494 e. The zero-order valence-electron chi connectivity index (χ0n) is 16.6. The van der Waals surface area contributed by atoms with Gasteiger partial charge in [-0.25, -0.2) is 4.79 Å². The van der Waals surface area contributed by atoms with E-state index in [0.29, 0.717) is 30.2 Å². The lowest BCUT2D eigenvalue weighted by atomic mass is 10.1. The minimum Gasteiger partial charge on any atom is -0.494 e. The second kappa shape index (κ2) is 11.5. The predicted molar refractivity (Wildman–Crippen MR) is 108 cm³/mol. The molecular formula is C22H24N2O5. The van der Waals surface area contributed by atoms with Crippen LogP contribution in [0.5, 0.6) is 5.75 Å². The van der Waals surface area contributed by atoms with Crippen molar-refractivity contribution in [1.82, 2.24) is 0 Å². The number of benzene rings is 2. The van der Waals surface area contributed by atoms with Crippen LogP contribution in [0.1, 0.15) is 29.3 Å². The number of carbonyl (C=O) groups is 2. The number of methoxy groups -OCH3 is 1. The number of nitrogens with zero attached hydrogens (tertiary/aromatic N) is 2. The lowest BCUT2D eigenvalue weighted by Gasteiger charge is -2.22. The van der Waals surface area contributed by atoms with E-state index in [2.05, 4.69) is 0 Å². The van der Waals surface area contributed by atoms with Crippen LogP contribution in [0, 0.1) is 11.3 Å². The Morgan fingerprint density at radius 1 is 1.07 bits per heavy atom. The summed E-state index contributed by atoms with van der Waals surface area (Å²) in [7, 11) is 1.59. The maximum Gasteiger partial charge on any atom is 0.338 e. The van der Waals surface area contributed by atoms with Gasteiger partial charge < -0.3 is 19.1 Å². The summed E-state index contributed by atoms with van der Waals surface area (Å²) < 4.78 is 15.6. The third-order valence-corrected chi connectivity index (χ3v) is 4.04. The minimum absolute atomic E-state index is 0.161. The van der Waals surface area contributed by atoms with Crippen molar-refractivity contribution in [3.63, 3.8) is 0 Å². The maximum absolute atomic E-state index is 12.6. The standard InChI is InChI=1S/C22H24N2O5/c1-3-28-20-11-9-19(10-12-20)24(14-4-13-23)21(25)16-29-22(26)18-7-5-17(6-8-18)15-27-2/h5-12H,3-4,14-16H2,1-2H3. The molecule has 0 unspecified atom stereocenters. The number of rotatable bonds is 10. The topological polar surface area (TPSA) is 88.9 Å². The number of anilines is 1. The fraction of sp³-hybridized carbons (Fsp3) is 0.318. The molecule has 0 aliphatic carbocycles. The van der Waals surface area contributed by atoms with E-state index in [1.54, 1.807) is 55.6 Å². The Morgan fingerprint density at radius 3 is 2.34 bits per heavy atom. The van der Waals surface area contributed by atoms with E-state index in [0.717, 1.165) is 5.56 Å². The number of hydrogen-bond donors (Lipinski definition) is 0. The van der Waals surface area contributed by atoms with Gasteiger partial charge in [-0.05, 0) is 48.9 Å². The van der Waals surface area contributed by atoms with E-state index in [1.807, 2.05) is 13.0 Å². The monoisotopic (exact) mass is 396 g/mol. The predicted octanol–water partition coefficient (Wildman–Crippen LogP) is 3.34. The van der Waals surface area contributed by atoms with Crippen LogP contribution >= 0.6 is 0 Å². The molecule has 0 spiro atoms. The fourth-order valence-corrected chi connectivity index (χ4v) is 2.64. The lowest BCUT2D eigenvalue weighted by molar-refractivity contribution is -0.121. The Bertz CT molecular complexity index is 841. The number of amides is 1. The third-order valence-electron chi connectivity index (χ3n) is 4.04. The molecule has 0 heterocycles. The van der Waals surface area contributed by atoms with Gasteiger partial charge in [0.2, 0.25) is 0 Å². The van der Waals surface area contributed by atoms with E-state index in [1.165, 1.54) is 4.90 Å². The molecule has 0 aliphatic heterocycles. The molecule has 2 aromatic rings. The summed E-state index contributed by atoms with van der Waals surface area (Å²) >= 11 is 0. The summed E-state index contributed by atoms with van der Waals surface area (Å²) in [6, 6.07) is 15.8. The van der Waals surface area contributed by atoms with Crippen molar-refractivity contribution in [1.29, 1.82) is 5.26 Å². The summed E-state index contributed by atoms with van der Waals surface area (Å²) in [5, 5.41) is 8.88. The fourth-order valence-electron chi connectivity index (χ4n) is 2.64. The Morgan fingerprint density at radius 2 is 1.76 bits per heavy atom. The molecule has 0 aliphatic rings. The van der Waals surface area contributed by atoms with Gasteiger partial charge in [0.05, 0.1) is 31.3 Å². The lowest BCUT2D eigenvalue weighted by Crippen LogP contribution is -2.35. The third kappa shape index (κ3) is 6.63. The zero-order chi connectivity index (χ0) is 21.1. The van der Waals surface area contributed by atoms with Gasteiger partial charge >= 0.3 is 5.97 Å². The van der Waals surface area contributed by atoms with Crippen molar-refractivity contribution in [2.24, 2.45) is 0 Å². The van der Waals surface area contributed by atoms with Crippen molar-refractivity contribution < 1.29 is 23.8 Å². The molecule has 0 radical (unpaired) electrons. The van der Waals surface area contributed by atoms with E-state index in [9.17, 15) is 9.59 Å². The van der Waals surface area contributed by atoms with Gasteiger partial charge in [0.1, 0.15) is 5.75 Å². The Kier molecular flexibility index (Phi) is 8.67. The molecule has 1 amide bonds. The molecule has 152 valence electrons. The quantitative estimate of drug-likeness (QED) is 0.572. The van der Waals surface area contributed by atoms with Crippen LogP contribution in [-0.4, -0.2) is 38.7 Å². The maximum atomic E-state index is 12.6. The molecular weight excluding hydrogens is 372 g/mol.